The first-order chi connectivity index (χ1) is 12.8. The number of rotatable bonds is 5. The SMILES string of the molecule is Cc1ccc(Nc2ncnc(Nc3ccc(F)c(Cl)c3)c2[N+](=O)[O-])c(C)c1. The molecular formula is C18H15ClFN5O2. The van der Waals surface area contributed by atoms with Gasteiger partial charge in [0.05, 0.1) is 9.95 Å². The van der Waals surface area contributed by atoms with Crippen molar-refractivity contribution in [2.75, 3.05) is 10.6 Å². The predicted molar refractivity (Wildman–Crippen MR) is 103 cm³/mol. The molecule has 1 aromatic heterocycles. The van der Waals surface area contributed by atoms with Gasteiger partial charge in [-0.15, -0.1) is 0 Å². The molecule has 0 saturated heterocycles. The Morgan fingerprint density at radius 1 is 1.07 bits per heavy atom. The van der Waals surface area contributed by atoms with E-state index in [1.165, 1.54) is 18.5 Å². The highest BCUT2D eigenvalue weighted by molar-refractivity contribution is 6.31. The number of nitrogens with zero attached hydrogens (tertiary/aromatic N) is 3. The minimum absolute atomic E-state index is 0.0371. The molecule has 0 spiro atoms. The predicted octanol–water partition coefficient (Wildman–Crippen LogP) is 5.28. The first kappa shape index (κ1) is 18.5. The molecule has 9 heteroatoms. The van der Waals surface area contributed by atoms with Gasteiger partial charge in [0, 0.05) is 11.4 Å². The molecule has 0 saturated carbocycles. The zero-order valence-electron chi connectivity index (χ0n) is 14.5. The summed E-state index contributed by atoms with van der Waals surface area (Å²) in [5, 5.41) is 17.3. The number of nitrogens with one attached hydrogen (secondary N) is 2. The highest BCUT2D eigenvalue weighted by Gasteiger charge is 2.24. The summed E-state index contributed by atoms with van der Waals surface area (Å²) in [6, 6.07) is 9.55. The second-order valence-corrected chi connectivity index (χ2v) is 6.28. The summed E-state index contributed by atoms with van der Waals surface area (Å²) in [7, 11) is 0. The largest absolute Gasteiger partial charge is 0.353 e. The lowest BCUT2D eigenvalue weighted by atomic mass is 10.1. The highest BCUT2D eigenvalue weighted by Crippen LogP contribution is 2.34. The van der Waals surface area contributed by atoms with E-state index in [-0.39, 0.29) is 22.3 Å². The quantitative estimate of drug-likeness (QED) is 0.457. The van der Waals surface area contributed by atoms with Gasteiger partial charge in [-0.05, 0) is 43.7 Å². The molecule has 0 fully saturated rings. The van der Waals surface area contributed by atoms with E-state index in [9.17, 15) is 14.5 Å². The van der Waals surface area contributed by atoms with Crippen LogP contribution < -0.4 is 10.6 Å². The number of aromatic nitrogens is 2. The van der Waals surface area contributed by atoms with Gasteiger partial charge < -0.3 is 10.6 Å². The van der Waals surface area contributed by atoms with Crippen molar-refractivity contribution < 1.29 is 9.31 Å². The van der Waals surface area contributed by atoms with Gasteiger partial charge in [-0.2, -0.15) is 0 Å². The minimum atomic E-state index is -0.586. The summed E-state index contributed by atoms with van der Waals surface area (Å²) in [6.45, 7) is 3.85. The first-order valence-corrected chi connectivity index (χ1v) is 8.28. The van der Waals surface area contributed by atoms with Crippen molar-refractivity contribution in [3.8, 4) is 0 Å². The third-order valence-electron chi connectivity index (χ3n) is 3.82. The number of benzene rings is 2. The van der Waals surface area contributed by atoms with Gasteiger partial charge in [0.2, 0.25) is 11.6 Å². The second kappa shape index (κ2) is 7.55. The number of anilines is 4. The maximum Gasteiger partial charge on any atom is 0.353 e. The molecule has 27 heavy (non-hydrogen) atoms. The Morgan fingerprint density at radius 2 is 1.78 bits per heavy atom. The van der Waals surface area contributed by atoms with Crippen molar-refractivity contribution in [2.45, 2.75) is 13.8 Å². The van der Waals surface area contributed by atoms with Gasteiger partial charge in [0.15, 0.2) is 0 Å². The van der Waals surface area contributed by atoms with E-state index < -0.39 is 10.7 Å². The molecule has 3 rings (SSSR count). The van der Waals surface area contributed by atoms with Crippen molar-refractivity contribution in [1.29, 1.82) is 0 Å². The fraction of sp³-hybridized carbons (Fsp3) is 0.111. The Balaban J connectivity index is 1.99. The molecule has 0 unspecified atom stereocenters. The van der Waals surface area contributed by atoms with Crippen molar-refractivity contribution in [1.82, 2.24) is 9.97 Å². The normalized spacial score (nSPS) is 10.5. The number of aryl methyl sites for hydroxylation is 2. The van der Waals surface area contributed by atoms with Crippen LogP contribution in [0.1, 0.15) is 11.1 Å². The Bertz CT molecular complexity index is 1030. The summed E-state index contributed by atoms with van der Waals surface area (Å²) in [5.74, 6) is -0.584. The van der Waals surface area contributed by atoms with E-state index >= 15 is 0 Å². The van der Waals surface area contributed by atoms with Gasteiger partial charge in [0.1, 0.15) is 12.1 Å². The molecule has 0 aliphatic rings. The average Bonchev–Trinajstić information content (AvgIpc) is 2.60. The minimum Gasteiger partial charge on any atom is -0.334 e. The molecule has 0 aliphatic heterocycles. The molecule has 138 valence electrons. The van der Waals surface area contributed by atoms with Gasteiger partial charge in [-0.3, -0.25) is 10.1 Å². The molecule has 0 atom stereocenters. The smallest absolute Gasteiger partial charge is 0.334 e. The summed E-state index contributed by atoms with van der Waals surface area (Å²) in [6.07, 6.45) is 1.20. The standard InChI is InChI=1S/C18H15ClFN5O2/c1-10-3-6-15(11(2)7-10)24-18-16(25(26)27)17(21-9-22-18)23-12-4-5-14(20)13(19)8-12/h3-9H,1-2H3,(H2,21,22,23,24). The average molecular weight is 388 g/mol. The van der Waals surface area contributed by atoms with E-state index in [1.54, 1.807) is 0 Å². The number of halogens is 2. The van der Waals surface area contributed by atoms with E-state index in [1.807, 2.05) is 32.0 Å². The van der Waals surface area contributed by atoms with Crippen LogP contribution in [0, 0.1) is 29.8 Å². The van der Waals surface area contributed by atoms with Gasteiger partial charge in [-0.1, -0.05) is 29.3 Å². The lowest BCUT2D eigenvalue weighted by Crippen LogP contribution is -2.06. The van der Waals surface area contributed by atoms with Crippen LogP contribution in [0.15, 0.2) is 42.7 Å². The summed E-state index contributed by atoms with van der Waals surface area (Å²) >= 11 is 5.76. The van der Waals surface area contributed by atoms with Crippen molar-refractivity contribution in [3.05, 3.63) is 74.8 Å². The number of hydrogen-bond donors (Lipinski definition) is 2. The topological polar surface area (TPSA) is 93.0 Å². The monoisotopic (exact) mass is 387 g/mol. The van der Waals surface area contributed by atoms with E-state index in [4.69, 9.17) is 11.6 Å². The van der Waals surface area contributed by atoms with Gasteiger partial charge >= 0.3 is 5.69 Å². The van der Waals surface area contributed by atoms with Crippen LogP contribution in [0.2, 0.25) is 5.02 Å². The lowest BCUT2D eigenvalue weighted by Gasteiger charge is -2.12. The molecule has 0 amide bonds. The Hall–Kier alpha value is -3.26. The van der Waals surface area contributed by atoms with E-state index in [0.29, 0.717) is 11.4 Å². The van der Waals surface area contributed by atoms with Crippen molar-refractivity contribution >= 4 is 40.3 Å². The summed E-state index contributed by atoms with van der Waals surface area (Å²) < 4.78 is 13.3. The summed E-state index contributed by atoms with van der Waals surface area (Å²) in [5.41, 5.74) is 2.71. The highest BCUT2D eigenvalue weighted by atomic mass is 35.5. The molecule has 0 radical (unpaired) electrons. The molecule has 2 aromatic carbocycles. The van der Waals surface area contributed by atoms with Gasteiger partial charge in [-0.25, -0.2) is 14.4 Å². The fourth-order valence-electron chi connectivity index (χ4n) is 2.53. The third-order valence-corrected chi connectivity index (χ3v) is 4.11. The Morgan fingerprint density at radius 3 is 2.41 bits per heavy atom. The first-order valence-electron chi connectivity index (χ1n) is 7.91. The van der Waals surface area contributed by atoms with Crippen LogP contribution >= 0.6 is 11.6 Å². The fourth-order valence-corrected chi connectivity index (χ4v) is 2.71. The van der Waals surface area contributed by atoms with Crippen LogP contribution in [0.3, 0.4) is 0 Å². The molecule has 0 bridgehead atoms. The van der Waals surface area contributed by atoms with Crippen LogP contribution in [-0.4, -0.2) is 14.9 Å². The van der Waals surface area contributed by atoms with Crippen LogP contribution in [0.25, 0.3) is 0 Å². The number of nitro groups is 1. The molecule has 1 heterocycles. The molecular weight excluding hydrogens is 373 g/mol. The second-order valence-electron chi connectivity index (χ2n) is 5.87. The Labute approximate surface area is 159 Å². The van der Waals surface area contributed by atoms with Crippen LogP contribution in [-0.2, 0) is 0 Å². The Kier molecular flexibility index (Phi) is 5.18. The molecule has 7 nitrogen and oxygen atoms in total. The van der Waals surface area contributed by atoms with Gasteiger partial charge in [0.25, 0.3) is 0 Å². The van der Waals surface area contributed by atoms with Crippen LogP contribution in [0.4, 0.5) is 33.1 Å². The van der Waals surface area contributed by atoms with Crippen LogP contribution in [0.5, 0.6) is 0 Å². The summed E-state index contributed by atoms with van der Waals surface area (Å²) in [4.78, 5) is 19.0. The molecule has 0 aliphatic carbocycles. The number of hydrogen-bond acceptors (Lipinski definition) is 6. The van der Waals surface area contributed by atoms with Crippen molar-refractivity contribution in [2.24, 2.45) is 0 Å². The third kappa shape index (κ3) is 4.12. The zero-order chi connectivity index (χ0) is 19.6. The van der Waals surface area contributed by atoms with Crippen molar-refractivity contribution in [3.63, 3.8) is 0 Å². The maximum atomic E-state index is 13.3. The van der Waals surface area contributed by atoms with E-state index in [2.05, 4.69) is 20.6 Å². The lowest BCUT2D eigenvalue weighted by molar-refractivity contribution is -0.383. The van der Waals surface area contributed by atoms with E-state index in [0.717, 1.165) is 17.2 Å². The molecule has 2 N–H and O–H groups in total. The zero-order valence-corrected chi connectivity index (χ0v) is 15.2. The maximum absolute atomic E-state index is 13.3. The molecule has 3 aromatic rings.